The van der Waals surface area contributed by atoms with E-state index in [1.807, 2.05) is 61.5 Å². The molecule has 0 bridgehead atoms. The second-order valence-electron chi connectivity index (χ2n) is 8.18. The predicted octanol–water partition coefficient (Wildman–Crippen LogP) is 5.67. The standard InChI is InChI=1S/C26H25Cl2N3O2/c1-17(30-25(32)20-3-2-4-23(16-20)31-14-13-29-26(31)33)24(19-7-11-22(28)12-8-19)15-18-5-9-21(27)10-6-18/h2-12,16-17,24H,13-15H2,1H3,(H,29,33)(H,30,32)/t17-,24+/m1/s1. The molecule has 5 nitrogen and oxygen atoms in total. The Kier molecular flexibility index (Phi) is 7.21. The van der Waals surface area contributed by atoms with Crippen LogP contribution < -0.4 is 15.5 Å². The molecular weight excluding hydrogens is 457 g/mol. The van der Waals surface area contributed by atoms with Crippen molar-refractivity contribution < 1.29 is 9.59 Å². The van der Waals surface area contributed by atoms with Gasteiger partial charge in [0.05, 0.1) is 0 Å². The highest BCUT2D eigenvalue weighted by molar-refractivity contribution is 6.30. The molecule has 1 fully saturated rings. The van der Waals surface area contributed by atoms with Crippen LogP contribution in [0.25, 0.3) is 0 Å². The number of halogens is 2. The molecule has 4 rings (SSSR count). The van der Waals surface area contributed by atoms with E-state index in [4.69, 9.17) is 23.2 Å². The summed E-state index contributed by atoms with van der Waals surface area (Å²) in [5, 5.41) is 7.29. The Morgan fingerprint density at radius 3 is 2.33 bits per heavy atom. The molecule has 170 valence electrons. The first-order valence-corrected chi connectivity index (χ1v) is 11.6. The van der Waals surface area contributed by atoms with Gasteiger partial charge in [0, 0.05) is 46.3 Å². The average molecular weight is 482 g/mol. The van der Waals surface area contributed by atoms with Crippen molar-refractivity contribution in [1.82, 2.24) is 10.6 Å². The maximum absolute atomic E-state index is 13.1. The van der Waals surface area contributed by atoms with Crippen molar-refractivity contribution in [3.05, 3.63) is 99.5 Å². The minimum Gasteiger partial charge on any atom is -0.349 e. The van der Waals surface area contributed by atoms with Gasteiger partial charge in [-0.15, -0.1) is 0 Å². The summed E-state index contributed by atoms with van der Waals surface area (Å²) in [4.78, 5) is 26.8. The molecule has 1 aliphatic rings. The van der Waals surface area contributed by atoms with E-state index >= 15 is 0 Å². The number of nitrogens with zero attached hydrogens (tertiary/aromatic N) is 1. The lowest BCUT2D eigenvalue weighted by Crippen LogP contribution is -2.38. The van der Waals surface area contributed by atoms with Crippen molar-refractivity contribution in [3.63, 3.8) is 0 Å². The van der Waals surface area contributed by atoms with Crippen molar-refractivity contribution in [1.29, 1.82) is 0 Å². The molecule has 0 aromatic heterocycles. The number of hydrogen-bond acceptors (Lipinski definition) is 2. The van der Waals surface area contributed by atoms with E-state index in [-0.39, 0.29) is 23.9 Å². The molecule has 1 aliphatic heterocycles. The summed E-state index contributed by atoms with van der Waals surface area (Å²) in [5.41, 5.74) is 3.44. The second-order valence-corrected chi connectivity index (χ2v) is 9.06. The minimum atomic E-state index is -0.181. The van der Waals surface area contributed by atoms with Gasteiger partial charge in [-0.05, 0) is 66.9 Å². The van der Waals surface area contributed by atoms with Gasteiger partial charge in [0.15, 0.2) is 0 Å². The van der Waals surface area contributed by atoms with Crippen LogP contribution in [0.5, 0.6) is 0 Å². The number of nitrogens with one attached hydrogen (secondary N) is 2. The van der Waals surface area contributed by atoms with E-state index in [2.05, 4.69) is 10.6 Å². The minimum absolute atomic E-state index is 0.0277. The van der Waals surface area contributed by atoms with Crippen LogP contribution in [-0.2, 0) is 6.42 Å². The first-order chi connectivity index (χ1) is 15.9. The van der Waals surface area contributed by atoms with Gasteiger partial charge in [0.2, 0.25) is 0 Å². The number of amides is 3. The summed E-state index contributed by atoms with van der Waals surface area (Å²) in [6.45, 7) is 3.19. The van der Waals surface area contributed by atoms with Gasteiger partial charge in [-0.3, -0.25) is 9.69 Å². The molecule has 0 radical (unpaired) electrons. The largest absolute Gasteiger partial charge is 0.349 e. The Labute approximate surface area is 203 Å². The molecule has 0 aliphatic carbocycles. The summed E-state index contributed by atoms with van der Waals surface area (Å²) < 4.78 is 0. The molecule has 3 aromatic rings. The van der Waals surface area contributed by atoms with Gasteiger partial charge in [-0.25, -0.2) is 4.79 Å². The topological polar surface area (TPSA) is 61.4 Å². The number of rotatable bonds is 7. The first kappa shape index (κ1) is 23.1. The molecule has 2 N–H and O–H groups in total. The van der Waals surface area contributed by atoms with Gasteiger partial charge in [-0.2, -0.15) is 0 Å². The van der Waals surface area contributed by atoms with E-state index in [1.54, 1.807) is 23.1 Å². The van der Waals surface area contributed by atoms with Crippen molar-refractivity contribution in [2.45, 2.75) is 25.3 Å². The van der Waals surface area contributed by atoms with Crippen LogP contribution in [0.3, 0.4) is 0 Å². The quantitative estimate of drug-likeness (QED) is 0.456. The average Bonchev–Trinajstić information content (AvgIpc) is 3.25. The number of carbonyl (C=O) groups excluding carboxylic acids is 2. The number of hydrogen-bond donors (Lipinski definition) is 2. The fourth-order valence-electron chi connectivity index (χ4n) is 4.09. The van der Waals surface area contributed by atoms with E-state index in [1.165, 1.54) is 0 Å². The Morgan fingerprint density at radius 2 is 1.70 bits per heavy atom. The second kappa shape index (κ2) is 10.3. The third-order valence-electron chi connectivity index (χ3n) is 5.91. The lowest BCUT2D eigenvalue weighted by molar-refractivity contribution is 0.0934. The highest BCUT2D eigenvalue weighted by Crippen LogP contribution is 2.27. The van der Waals surface area contributed by atoms with Crippen LogP contribution in [0.4, 0.5) is 10.5 Å². The molecule has 0 unspecified atom stereocenters. The van der Waals surface area contributed by atoms with Crippen LogP contribution in [0.15, 0.2) is 72.8 Å². The zero-order chi connectivity index (χ0) is 23.4. The third-order valence-corrected chi connectivity index (χ3v) is 6.41. The number of anilines is 1. The predicted molar refractivity (Wildman–Crippen MR) is 133 cm³/mol. The molecule has 1 heterocycles. The van der Waals surface area contributed by atoms with Gasteiger partial charge < -0.3 is 10.6 Å². The summed E-state index contributed by atoms with van der Waals surface area (Å²) in [5.74, 6) is -0.154. The van der Waals surface area contributed by atoms with Crippen molar-refractivity contribution in [3.8, 4) is 0 Å². The van der Waals surface area contributed by atoms with Crippen LogP contribution in [0.2, 0.25) is 10.0 Å². The van der Waals surface area contributed by atoms with Crippen molar-refractivity contribution in [2.75, 3.05) is 18.0 Å². The third kappa shape index (κ3) is 5.67. The van der Waals surface area contributed by atoms with Crippen LogP contribution in [-0.4, -0.2) is 31.1 Å². The normalized spacial score (nSPS) is 15.1. The number of urea groups is 1. The van der Waals surface area contributed by atoms with Gasteiger partial charge >= 0.3 is 6.03 Å². The molecule has 3 amide bonds. The van der Waals surface area contributed by atoms with Gasteiger partial charge in [0.1, 0.15) is 0 Å². The number of carbonyl (C=O) groups is 2. The van der Waals surface area contributed by atoms with Crippen molar-refractivity contribution >= 4 is 40.8 Å². The Hall–Kier alpha value is -3.02. The zero-order valence-corrected chi connectivity index (χ0v) is 19.7. The Bertz CT molecular complexity index is 1130. The molecule has 3 aromatic carbocycles. The lowest BCUT2D eigenvalue weighted by Gasteiger charge is -2.26. The fraction of sp³-hybridized carbons (Fsp3) is 0.231. The van der Waals surface area contributed by atoms with E-state index in [0.29, 0.717) is 34.4 Å². The molecule has 2 atom stereocenters. The highest BCUT2D eigenvalue weighted by atomic mass is 35.5. The SMILES string of the molecule is C[C@@H](NC(=O)c1cccc(N2CCNC2=O)c1)[C@H](Cc1ccc(Cl)cc1)c1ccc(Cl)cc1. The molecule has 7 heteroatoms. The maximum atomic E-state index is 13.1. The van der Waals surface area contributed by atoms with Crippen LogP contribution >= 0.6 is 23.2 Å². The molecule has 0 saturated carbocycles. The van der Waals surface area contributed by atoms with E-state index in [9.17, 15) is 9.59 Å². The molecule has 1 saturated heterocycles. The zero-order valence-electron chi connectivity index (χ0n) is 18.2. The summed E-state index contributed by atoms with van der Waals surface area (Å²) in [6.07, 6.45) is 0.730. The summed E-state index contributed by atoms with van der Waals surface area (Å²) >= 11 is 12.2. The smallest absolute Gasteiger partial charge is 0.321 e. The lowest BCUT2D eigenvalue weighted by atomic mass is 9.86. The van der Waals surface area contributed by atoms with Gasteiger partial charge in [-0.1, -0.05) is 53.5 Å². The Morgan fingerprint density at radius 1 is 1.03 bits per heavy atom. The van der Waals surface area contributed by atoms with Crippen molar-refractivity contribution in [2.24, 2.45) is 0 Å². The molecule has 33 heavy (non-hydrogen) atoms. The summed E-state index contributed by atoms with van der Waals surface area (Å²) in [6, 6.07) is 22.3. The van der Waals surface area contributed by atoms with E-state index < -0.39 is 0 Å². The maximum Gasteiger partial charge on any atom is 0.321 e. The van der Waals surface area contributed by atoms with Crippen LogP contribution in [0, 0.1) is 0 Å². The molecule has 0 spiro atoms. The van der Waals surface area contributed by atoms with Crippen LogP contribution in [0.1, 0.15) is 34.3 Å². The van der Waals surface area contributed by atoms with E-state index in [0.717, 1.165) is 17.5 Å². The monoisotopic (exact) mass is 481 g/mol. The number of benzene rings is 3. The van der Waals surface area contributed by atoms with Gasteiger partial charge in [0.25, 0.3) is 5.91 Å². The Balaban J connectivity index is 1.54. The summed E-state index contributed by atoms with van der Waals surface area (Å²) in [7, 11) is 0. The fourth-order valence-corrected chi connectivity index (χ4v) is 4.34. The highest BCUT2D eigenvalue weighted by Gasteiger charge is 2.24. The first-order valence-electron chi connectivity index (χ1n) is 10.9. The molecular formula is C26H25Cl2N3O2.